The number of amides is 3. The molecular formula is C16H30N4O4. The lowest BCUT2D eigenvalue weighted by molar-refractivity contribution is -0.142. The second-order valence-corrected chi connectivity index (χ2v) is 7.19. The maximum atomic E-state index is 11.9. The van der Waals surface area contributed by atoms with Crippen LogP contribution in [0.25, 0.3) is 0 Å². The molecule has 1 heterocycles. The summed E-state index contributed by atoms with van der Waals surface area (Å²) in [6, 6.07) is -0.358. The Labute approximate surface area is 143 Å². The maximum absolute atomic E-state index is 11.9. The number of rotatable bonds is 5. The van der Waals surface area contributed by atoms with Crippen molar-refractivity contribution in [3.63, 3.8) is 0 Å². The summed E-state index contributed by atoms with van der Waals surface area (Å²) in [4.78, 5) is 39.1. The van der Waals surface area contributed by atoms with Crippen LogP contribution in [0.4, 0.5) is 4.79 Å². The second-order valence-electron chi connectivity index (χ2n) is 7.19. The predicted molar refractivity (Wildman–Crippen MR) is 90.5 cm³/mol. The Hall–Kier alpha value is -1.67. The van der Waals surface area contributed by atoms with Gasteiger partial charge in [0.05, 0.1) is 20.1 Å². The number of methoxy groups -OCH3 is 1. The van der Waals surface area contributed by atoms with Crippen LogP contribution in [-0.2, 0) is 14.3 Å². The number of hydrogen-bond donors (Lipinski definition) is 2. The minimum atomic E-state index is -0.474. The summed E-state index contributed by atoms with van der Waals surface area (Å²) in [5, 5.41) is 5.04. The topological polar surface area (TPSA) is 91.0 Å². The minimum absolute atomic E-state index is 0.117. The number of esters is 1. The van der Waals surface area contributed by atoms with E-state index in [1.165, 1.54) is 7.11 Å². The zero-order valence-electron chi connectivity index (χ0n) is 15.3. The van der Waals surface area contributed by atoms with Gasteiger partial charge in [-0.25, -0.2) is 4.79 Å². The van der Waals surface area contributed by atoms with Crippen LogP contribution in [0.15, 0.2) is 0 Å². The van der Waals surface area contributed by atoms with Gasteiger partial charge in [-0.05, 0) is 27.7 Å². The number of piperazine rings is 1. The van der Waals surface area contributed by atoms with Crippen molar-refractivity contribution < 1.29 is 19.1 Å². The van der Waals surface area contributed by atoms with Gasteiger partial charge >= 0.3 is 12.0 Å². The molecule has 3 amide bonds. The molecule has 0 aliphatic carbocycles. The molecule has 1 rings (SSSR count). The molecule has 0 saturated carbocycles. The monoisotopic (exact) mass is 342 g/mol. The Morgan fingerprint density at radius 2 is 1.71 bits per heavy atom. The molecule has 24 heavy (non-hydrogen) atoms. The molecule has 0 bridgehead atoms. The molecular weight excluding hydrogens is 312 g/mol. The third-order valence-electron chi connectivity index (χ3n) is 3.83. The van der Waals surface area contributed by atoms with Crippen LogP contribution < -0.4 is 10.6 Å². The first-order valence-electron chi connectivity index (χ1n) is 8.26. The number of urea groups is 1. The number of ether oxygens (including phenoxy) is 1. The van der Waals surface area contributed by atoms with E-state index in [4.69, 9.17) is 4.74 Å². The fraction of sp³-hybridized carbons (Fsp3) is 0.812. The van der Waals surface area contributed by atoms with Crippen LogP contribution in [0.2, 0.25) is 0 Å². The normalized spacial score (nSPS) is 17.9. The summed E-state index contributed by atoms with van der Waals surface area (Å²) in [5.74, 6) is -0.526. The van der Waals surface area contributed by atoms with Gasteiger partial charge in [0.15, 0.2) is 0 Å². The summed E-state index contributed by atoms with van der Waals surface area (Å²) in [5.41, 5.74) is -0.383. The smallest absolute Gasteiger partial charge is 0.321 e. The van der Waals surface area contributed by atoms with Gasteiger partial charge in [-0.15, -0.1) is 0 Å². The molecule has 0 aromatic carbocycles. The van der Waals surface area contributed by atoms with Crippen molar-refractivity contribution in [3.05, 3.63) is 0 Å². The van der Waals surface area contributed by atoms with E-state index >= 15 is 0 Å². The van der Waals surface area contributed by atoms with Crippen LogP contribution in [-0.4, -0.2) is 79.1 Å². The highest BCUT2D eigenvalue weighted by Crippen LogP contribution is 2.09. The number of imide groups is 1. The summed E-state index contributed by atoms with van der Waals surface area (Å²) >= 11 is 0. The summed E-state index contributed by atoms with van der Waals surface area (Å²) in [6.07, 6.45) is 0.365. The first-order chi connectivity index (χ1) is 11.1. The molecule has 0 aromatic heterocycles. The van der Waals surface area contributed by atoms with E-state index in [-0.39, 0.29) is 30.0 Å². The van der Waals surface area contributed by atoms with Gasteiger partial charge in [0.1, 0.15) is 0 Å². The van der Waals surface area contributed by atoms with Crippen LogP contribution in [0.3, 0.4) is 0 Å². The average Bonchev–Trinajstić information content (AvgIpc) is 2.45. The standard InChI is InChI=1S/C16H30N4O4/c1-12(10-14(22)24-5)20-8-6-19(7-9-20)11-13(21)17-15(23)18-16(2,3)4/h12H,6-11H2,1-5H3,(H2,17,18,21,23)/t12-/m1/s1. The molecule has 2 N–H and O–H groups in total. The molecule has 0 aromatic rings. The first kappa shape index (κ1) is 20.4. The molecule has 1 saturated heterocycles. The summed E-state index contributed by atoms with van der Waals surface area (Å²) in [7, 11) is 1.39. The van der Waals surface area contributed by atoms with Crippen molar-refractivity contribution in [2.75, 3.05) is 39.8 Å². The van der Waals surface area contributed by atoms with Gasteiger partial charge < -0.3 is 10.1 Å². The number of carbonyl (C=O) groups excluding carboxylic acids is 3. The van der Waals surface area contributed by atoms with Crippen molar-refractivity contribution >= 4 is 17.9 Å². The lowest BCUT2D eigenvalue weighted by atomic mass is 10.1. The molecule has 1 aliphatic heterocycles. The van der Waals surface area contributed by atoms with Gasteiger partial charge in [0.25, 0.3) is 0 Å². The molecule has 8 heteroatoms. The highest BCUT2D eigenvalue weighted by atomic mass is 16.5. The first-order valence-corrected chi connectivity index (χ1v) is 8.26. The highest BCUT2D eigenvalue weighted by Gasteiger charge is 2.24. The summed E-state index contributed by atoms with van der Waals surface area (Å²) < 4.78 is 4.69. The van der Waals surface area contributed by atoms with E-state index in [1.54, 1.807) is 0 Å². The molecule has 0 unspecified atom stereocenters. The van der Waals surface area contributed by atoms with Crippen LogP contribution in [0.1, 0.15) is 34.1 Å². The van der Waals surface area contributed by atoms with Crippen molar-refractivity contribution in [1.82, 2.24) is 20.4 Å². The fourth-order valence-electron chi connectivity index (χ4n) is 2.56. The largest absolute Gasteiger partial charge is 0.469 e. The number of hydrogen-bond acceptors (Lipinski definition) is 6. The third kappa shape index (κ3) is 7.74. The predicted octanol–water partition coefficient (Wildman–Crippen LogP) is 0.180. The Bertz CT molecular complexity index is 453. The van der Waals surface area contributed by atoms with Crippen molar-refractivity contribution in [1.29, 1.82) is 0 Å². The molecule has 1 aliphatic rings. The number of nitrogens with zero attached hydrogens (tertiary/aromatic N) is 2. The van der Waals surface area contributed by atoms with Gasteiger partial charge in [-0.3, -0.25) is 24.7 Å². The lowest BCUT2D eigenvalue weighted by Crippen LogP contribution is -2.54. The van der Waals surface area contributed by atoms with E-state index in [9.17, 15) is 14.4 Å². The van der Waals surface area contributed by atoms with Crippen LogP contribution in [0.5, 0.6) is 0 Å². The number of nitrogens with one attached hydrogen (secondary N) is 2. The zero-order chi connectivity index (χ0) is 18.3. The van der Waals surface area contributed by atoms with Gasteiger partial charge in [-0.1, -0.05) is 0 Å². The third-order valence-corrected chi connectivity index (χ3v) is 3.83. The maximum Gasteiger partial charge on any atom is 0.321 e. The molecule has 0 radical (unpaired) electrons. The van der Waals surface area contributed by atoms with E-state index in [0.717, 1.165) is 26.2 Å². The summed E-state index contributed by atoms with van der Waals surface area (Å²) in [6.45, 7) is 10.7. The second kappa shape index (κ2) is 8.98. The van der Waals surface area contributed by atoms with Gasteiger partial charge in [0.2, 0.25) is 5.91 Å². The molecule has 0 spiro atoms. The SMILES string of the molecule is COC(=O)C[C@@H](C)N1CCN(CC(=O)NC(=O)NC(C)(C)C)CC1. The highest BCUT2D eigenvalue weighted by molar-refractivity contribution is 5.95. The van der Waals surface area contributed by atoms with E-state index < -0.39 is 6.03 Å². The van der Waals surface area contributed by atoms with E-state index in [2.05, 4.69) is 15.5 Å². The van der Waals surface area contributed by atoms with Crippen LogP contribution >= 0.6 is 0 Å². The van der Waals surface area contributed by atoms with Gasteiger partial charge in [-0.2, -0.15) is 0 Å². The molecule has 8 nitrogen and oxygen atoms in total. The zero-order valence-corrected chi connectivity index (χ0v) is 15.3. The Balaban J connectivity index is 2.31. The lowest BCUT2D eigenvalue weighted by Gasteiger charge is -2.37. The fourth-order valence-corrected chi connectivity index (χ4v) is 2.56. The minimum Gasteiger partial charge on any atom is -0.469 e. The molecule has 1 fully saturated rings. The van der Waals surface area contributed by atoms with Crippen molar-refractivity contribution in [3.8, 4) is 0 Å². The van der Waals surface area contributed by atoms with Crippen molar-refractivity contribution in [2.45, 2.75) is 45.7 Å². The Morgan fingerprint density at radius 1 is 1.12 bits per heavy atom. The number of carbonyl (C=O) groups is 3. The Morgan fingerprint density at radius 3 is 2.21 bits per heavy atom. The van der Waals surface area contributed by atoms with E-state index in [0.29, 0.717) is 6.42 Å². The average molecular weight is 342 g/mol. The quantitative estimate of drug-likeness (QED) is 0.693. The van der Waals surface area contributed by atoms with Gasteiger partial charge in [0, 0.05) is 37.8 Å². The Kier molecular flexibility index (Phi) is 7.62. The molecule has 138 valence electrons. The van der Waals surface area contributed by atoms with E-state index in [1.807, 2.05) is 32.6 Å². The molecule has 1 atom stereocenters. The van der Waals surface area contributed by atoms with Crippen molar-refractivity contribution in [2.24, 2.45) is 0 Å². The van der Waals surface area contributed by atoms with Crippen LogP contribution in [0, 0.1) is 0 Å².